The lowest BCUT2D eigenvalue weighted by Crippen LogP contribution is -2.35. The van der Waals surface area contributed by atoms with E-state index in [0.717, 1.165) is 36.0 Å². The van der Waals surface area contributed by atoms with Crippen LogP contribution >= 0.6 is 12.2 Å². The van der Waals surface area contributed by atoms with Gasteiger partial charge in [0.15, 0.2) is 0 Å². The van der Waals surface area contributed by atoms with Crippen LogP contribution in [-0.2, 0) is 0 Å². The molecule has 20 heavy (non-hydrogen) atoms. The molecule has 2 rings (SSSR count). The van der Waals surface area contributed by atoms with Gasteiger partial charge in [-0.3, -0.25) is 4.98 Å². The molecule has 0 aromatic carbocycles. The Balaban J connectivity index is 2.23. The summed E-state index contributed by atoms with van der Waals surface area (Å²) in [5.74, 6) is 0.883. The Hall–Kier alpha value is -1.16. The fraction of sp³-hybridized carbons (Fsp3) is 0.625. The zero-order valence-electron chi connectivity index (χ0n) is 12.8. The monoisotopic (exact) mass is 291 g/mol. The number of aromatic nitrogens is 1. The highest BCUT2D eigenvalue weighted by molar-refractivity contribution is 7.80. The van der Waals surface area contributed by atoms with E-state index in [0.29, 0.717) is 4.99 Å². The Morgan fingerprint density at radius 3 is 2.60 bits per heavy atom. The smallest absolute Gasteiger partial charge is 0.107 e. The number of nitrogens with two attached hydrogens (primary N) is 1. The number of anilines is 1. The number of thiocarbonyl (C=S) groups is 1. The predicted molar refractivity (Wildman–Crippen MR) is 89.4 cm³/mol. The highest BCUT2D eigenvalue weighted by atomic mass is 32.1. The lowest BCUT2D eigenvalue weighted by molar-refractivity contribution is 0.378. The molecule has 0 spiro atoms. The lowest BCUT2D eigenvalue weighted by Gasteiger charge is -2.35. The summed E-state index contributed by atoms with van der Waals surface area (Å²) < 4.78 is 0. The van der Waals surface area contributed by atoms with Crippen LogP contribution in [0.5, 0.6) is 0 Å². The van der Waals surface area contributed by atoms with Gasteiger partial charge in [0, 0.05) is 24.5 Å². The van der Waals surface area contributed by atoms with Gasteiger partial charge in [-0.1, -0.05) is 32.0 Å². The molecule has 1 aromatic rings. The van der Waals surface area contributed by atoms with Crippen molar-refractivity contribution in [1.82, 2.24) is 4.98 Å². The third-order valence-electron chi connectivity index (χ3n) is 4.21. The average Bonchev–Trinajstić information content (AvgIpc) is 2.38. The summed E-state index contributed by atoms with van der Waals surface area (Å²) in [6, 6.07) is 2.13. The Morgan fingerprint density at radius 1 is 1.40 bits per heavy atom. The molecule has 0 radical (unpaired) electrons. The number of piperidine rings is 1. The number of aryl methyl sites for hydroxylation is 2. The maximum atomic E-state index is 5.91. The molecular formula is C16H25N3S. The standard InChI is InChI=1S/C16H25N3S/c1-4-5-13-6-8-19(9-7-13)14-10-11(2)18-12(3)15(14)16(17)20/h10,13H,4-9H2,1-3H3,(H2,17,20). The quantitative estimate of drug-likeness (QED) is 0.864. The van der Waals surface area contributed by atoms with E-state index in [9.17, 15) is 0 Å². The van der Waals surface area contributed by atoms with Gasteiger partial charge in [-0.05, 0) is 38.7 Å². The Bertz CT molecular complexity index is 491. The average molecular weight is 291 g/mol. The zero-order valence-corrected chi connectivity index (χ0v) is 13.6. The zero-order chi connectivity index (χ0) is 14.7. The molecule has 110 valence electrons. The van der Waals surface area contributed by atoms with Gasteiger partial charge in [0.1, 0.15) is 4.99 Å². The molecular weight excluding hydrogens is 266 g/mol. The summed E-state index contributed by atoms with van der Waals surface area (Å²) >= 11 is 5.23. The first-order valence-electron chi connectivity index (χ1n) is 7.56. The van der Waals surface area contributed by atoms with Gasteiger partial charge < -0.3 is 10.6 Å². The first kappa shape index (κ1) is 15.2. The highest BCUT2D eigenvalue weighted by Gasteiger charge is 2.22. The summed E-state index contributed by atoms with van der Waals surface area (Å²) in [7, 11) is 0. The van der Waals surface area contributed by atoms with Crippen LogP contribution < -0.4 is 10.6 Å². The van der Waals surface area contributed by atoms with Crippen molar-refractivity contribution in [1.29, 1.82) is 0 Å². The van der Waals surface area contributed by atoms with Crippen LogP contribution in [0, 0.1) is 19.8 Å². The number of rotatable bonds is 4. The molecule has 1 aliphatic rings. The normalized spacial score (nSPS) is 16.4. The third-order valence-corrected chi connectivity index (χ3v) is 4.41. The first-order valence-corrected chi connectivity index (χ1v) is 7.96. The molecule has 3 nitrogen and oxygen atoms in total. The van der Waals surface area contributed by atoms with Gasteiger partial charge in [0.05, 0.1) is 11.3 Å². The van der Waals surface area contributed by atoms with Crippen LogP contribution in [0.15, 0.2) is 6.07 Å². The number of nitrogens with zero attached hydrogens (tertiary/aromatic N) is 2. The summed E-state index contributed by atoms with van der Waals surface area (Å²) in [6.07, 6.45) is 5.18. The largest absolute Gasteiger partial charge is 0.389 e. The van der Waals surface area contributed by atoms with E-state index in [-0.39, 0.29) is 0 Å². The molecule has 0 unspecified atom stereocenters. The first-order chi connectivity index (χ1) is 9.52. The van der Waals surface area contributed by atoms with Crippen molar-refractivity contribution < 1.29 is 0 Å². The molecule has 4 heteroatoms. The van der Waals surface area contributed by atoms with Crippen LogP contribution in [0.2, 0.25) is 0 Å². The third kappa shape index (κ3) is 3.29. The van der Waals surface area contributed by atoms with E-state index in [1.165, 1.54) is 31.4 Å². The Kier molecular flexibility index (Phi) is 4.97. The van der Waals surface area contributed by atoms with E-state index in [4.69, 9.17) is 18.0 Å². The predicted octanol–water partition coefficient (Wildman–Crippen LogP) is 3.35. The second-order valence-electron chi connectivity index (χ2n) is 5.83. The molecule has 0 atom stereocenters. The van der Waals surface area contributed by atoms with Gasteiger partial charge in [-0.25, -0.2) is 0 Å². The van der Waals surface area contributed by atoms with E-state index in [2.05, 4.69) is 22.9 Å². The Labute approximate surface area is 127 Å². The molecule has 2 N–H and O–H groups in total. The van der Waals surface area contributed by atoms with E-state index >= 15 is 0 Å². The molecule has 0 bridgehead atoms. The van der Waals surface area contributed by atoms with Gasteiger partial charge >= 0.3 is 0 Å². The topological polar surface area (TPSA) is 42.2 Å². The van der Waals surface area contributed by atoms with E-state index in [1.807, 2.05) is 13.8 Å². The molecule has 0 aliphatic carbocycles. The van der Waals surface area contributed by atoms with Crippen molar-refractivity contribution in [3.8, 4) is 0 Å². The van der Waals surface area contributed by atoms with Crippen molar-refractivity contribution in [3.63, 3.8) is 0 Å². The van der Waals surface area contributed by atoms with Crippen LogP contribution in [0.1, 0.15) is 49.6 Å². The minimum Gasteiger partial charge on any atom is -0.389 e. The second kappa shape index (κ2) is 6.53. The van der Waals surface area contributed by atoms with Gasteiger partial charge in [0.2, 0.25) is 0 Å². The maximum Gasteiger partial charge on any atom is 0.107 e. The van der Waals surface area contributed by atoms with Gasteiger partial charge in [-0.2, -0.15) is 0 Å². The van der Waals surface area contributed by atoms with Crippen molar-refractivity contribution in [2.75, 3.05) is 18.0 Å². The molecule has 0 saturated carbocycles. The molecule has 2 heterocycles. The molecule has 1 aliphatic heterocycles. The summed E-state index contributed by atoms with van der Waals surface area (Å²) in [5, 5.41) is 0. The van der Waals surface area contributed by atoms with Crippen molar-refractivity contribution in [3.05, 3.63) is 23.0 Å². The van der Waals surface area contributed by atoms with Gasteiger partial charge in [0.25, 0.3) is 0 Å². The second-order valence-corrected chi connectivity index (χ2v) is 6.27. The van der Waals surface area contributed by atoms with Crippen LogP contribution in [0.3, 0.4) is 0 Å². The van der Waals surface area contributed by atoms with Gasteiger partial charge in [-0.15, -0.1) is 0 Å². The maximum absolute atomic E-state index is 5.91. The molecule has 1 aromatic heterocycles. The summed E-state index contributed by atoms with van der Waals surface area (Å²) in [5.41, 5.74) is 10.0. The SMILES string of the molecule is CCCC1CCN(c2cc(C)nc(C)c2C(N)=S)CC1. The van der Waals surface area contributed by atoms with Crippen LogP contribution in [-0.4, -0.2) is 23.1 Å². The fourth-order valence-electron chi connectivity index (χ4n) is 3.23. The number of pyridine rings is 1. The van der Waals surface area contributed by atoms with Crippen LogP contribution in [0.25, 0.3) is 0 Å². The lowest BCUT2D eigenvalue weighted by atomic mass is 9.92. The molecule has 1 fully saturated rings. The number of hydrogen-bond acceptors (Lipinski definition) is 3. The summed E-state index contributed by atoms with van der Waals surface area (Å²) in [4.78, 5) is 7.39. The number of hydrogen-bond donors (Lipinski definition) is 1. The molecule has 0 amide bonds. The van der Waals surface area contributed by atoms with Crippen molar-refractivity contribution in [2.24, 2.45) is 11.7 Å². The minimum atomic E-state index is 0.459. The molecule has 1 saturated heterocycles. The van der Waals surface area contributed by atoms with Crippen molar-refractivity contribution in [2.45, 2.75) is 46.5 Å². The Morgan fingerprint density at radius 2 is 2.05 bits per heavy atom. The fourth-order valence-corrected chi connectivity index (χ4v) is 3.49. The van der Waals surface area contributed by atoms with E-state index < -0.39 is 0 Å². The van der Waals surface area contributed by atoms with Crippen molar-refractivity contribution >= 4 is 22.9 Å². The van der Waals surface area contributed by atoms with Crippen LogP contribution in [0.4, 0.5) is 5.69 Å². The van der Waals surface area contributed by atoms with E-state index in [1.54, 1.807) is 0 Å². The highest BCUT2D eigenvalue weighted by Crippen LogP contribution is 2.30. The minimum absolute atomic E-state index is 0.459. The summed E-state index contributed by atoms with van der Waals surface area (Å²) in [6.45, 7) is 8.50.